The van der Waals surface area contributed by atoms with E-state index < -0.39 is 0 Å². The predicted octanol–water partition coefficient (Wildman–Crippen LogP) is 2.91. The van der Waals surface area contributed by atoms with E-state index in [0.29, 0.717) is 18.9 Å². The molecule has 20 heavy (non-hydrogen) atoms. The van der Waals surface area contributed by atoms with E-state index in [-0.39, 0.29) is 11.9 Å². The highest BCUT2D eigenvalue weighted by Gasteiger charge is 2.24. The maximum absolute atomic E-state index is 12.0. The number of hydrogen-bond donors (Lipinski definition) is 2. The number of nitrogens with two attached hydrogens (primary N) is 1. The van der Waals surface area contributed by atoms with E-state index in [0.717, 1.165) is 29.8 Å². The van der Waals surface area contributed by atoms with E-state index in [2.05, 4.69) is 5.32 Å². The molecule has 2 atom stereocenters. The Labute approximate surface area is 125 Å². The number of carbonyl (C=O) groups excluding carboxylic acids is 1. The van der Waals surface area contributed by atoms with Crippen molar-refractivity contribution in [3.8, 4) is 0 Å². The summed E-state index contributed by atoms with van der Waals surface area (Å²) in [5.41, 5.74) is 6.93. The summed E-state index contributed by atoms with van der Waals surface area (Å²) in [6.07, 6.45) is 5.91. The van der Waals surface area contributed by atoms with Gasteiger partial charge in [-0.25, -0.2) is 0 Å². The van der Waals surface area contributed by atoms with Crippen molar-refractivity contribution in [2.24, 2.45) is 11.7 Å². The average molecular weight is 295 g/mol. The molecule has 1 amide bonds. The van der Waals surface area contributed by atoms with Gasteiger partial charge in [0.05, 0.1) is 0 Å². The van der Waals surface area contributed by atoms with Crippen LogP contribution < -0.4 is 11.1 Å². The largest absolute Gasteiger partial charge is 0.353 e. The molecular formula is C16H23ClN2O. The smallest absolute Gasteiger partial charge is 0.220 e. The zero-order valence-corrected chi connectivity index (χ0v) is 12.5. The molecule has 3 N–H and O–H groups in total. The third-order valence-corrected chi connectivity index (χ3v) is 4.36. The van der Waals surface area contributed by atoms with Crippen molar-refractivity contribution in [1.82, 2.24) is 5.32 Å². The summed E-state index contributed by atoms with van der Waals surface area (Å²) < 4.78 is 0. The summed E-state index contributed by atoms with van der Waals surface area (Å²) in [7, 11) is 0. The summed E-state index contributed by atoms with van der Waals surface area (Å²) >= 11 is 5.84. The molecule has 1 fully saturated rings. The van der Waals surface area contributed by atoms with Gasteiger partial charge in [0.1, 0.15) is 0 Å². The molecule has 1 aromatic rings. The molecule has 1 aliphatic carbocycles. The third kappa shape index (κ3) is 4.50. The van der Waals surface area contributed by atoms with Crippen LogP contribution in [0.1, 0.15) is 37.7 Å². The Bertz CT molecular complexity index is 433. The summed E-state index contributed by atoms with van der Waals surface area (Å²) in [6, 6.07) is 7.94. The lowest BCUT2D eigenvalue weighted by molar-refractivity contribution is -0.122. The highest BCUT2D eigenvalue weighted by molar-refractivity contribution is 6.30. The first-order valence-corrected chi connectivity index (χ1v) is 7.80. The van der Waals surface area contributed by atoms with Gasteiger partial charge >= 0.3 is 0 Å². The topological polar surface area (TPSA) is 55.1 Å². The van der Waals surface area contributed by atoms with E-state index in [9.17, 15) is 4.79 Å². The molecule has 4 heteroatoms. The number of hydrogen-bond acceptors (Lipinski definition) is 2. The highest BCUT2D eigenvalue weighted by atomic mass is 35.5. The molecule has 1 saturated carbocycles. The number of benzene rings is 1. The van der Waals surface area contributed by atoms with Gasteiger partial charge in [-0.2, -0.15) is 0 Å². The van der Waals surface area contributed by atoms with E-state index in [4.69, 9.17) is 17.3 Å². The Kier molecular flexibility index (Phi) is 5.86. The lowest BCUT2D eigenvalue weighted by Gasteiger charge is -2.31. The molecule has 0 aromatic heterocycles. The second-order valence-corrected chi connectivity index (χ2v) is 6.02. The summed E-state index contributed by atoms with van der Waals surface area (Å²) in [5, 5.41) is 3.88. The van der Waals surface area contributed by atoms with Crippen LogP contribution in [0, 0.1) is 5.92 Å². The highest BCUT2D eigenvalue weighted by Crippen LogP contribution is 2.23. The van der Waals surface area contributed by atoms with Crippen LogP contribution in [0.15, 0.2) is 24.3 Å². The maximum atomic E-state index is 12.0. The quantitative estimate of drug-likeness (QED) is 0.877. The molecule has 3 nitrogen and oxygen atoms in total. The molecule has 0 aliphatic heterocycles. The van der Waals surface area contributed by atoms with E-state index >= 15 is 0 Å². The molecule has 0 heterocycles. The lowest BCUT2D eigenvalue weighted by atomic mass is 9.84. The number of amides is 1. The second-order valence-electron chi connectivity index (χ2n) is 5.58. The molecule has 0 saturated heterocycles. The fourth-order valence-electron chi connectivity index (χ4n) is 2.87. The lowest BCUT2D eigenvalue weighted by Crippen LogP contribution is -2.44. The third-order valence-electron chi connectivity index (χ3n) is 4.11. The molecule has 0 radical (unpaired) electrons. The Morgan fingerprint density at radius 2 is 1.95 bits per heavy atom. The van der Waals surface area contributed by atoms with Crippen LogP contribution in [0.3, 0.4) is 0 Å². The van der Waals surface area contributed by atoms with Crippen molar-refractivity contribution in [2.45, 2.75) is 44.6 Å². The van der Waals surface area contributed by atoms with Crippen LogP contribution in [-0.4, -0.2) is 18.5 Å². The van der Waals surface area contributed by atoms with Crippen molar-refractivity contribution < 1.29 is 4.79 Å². The van der Waals surface area contributed by atoms with Gasteiger partial charge in [-0.15, -0.1) is 0 Å². The zero-order valence-electron chi connectivity index (χ0n) is 11.8. The van der Waals surface area contributed by atoms with Gasteiger partial charge in [0.15, 0.2) is 0 Å². The molecular weight excluding hydrogens is 272 g/mol. The van der Waals surface area contributed by atoms with Gasteiger partial charge in [-0.05, 0) is 49.4 Å². The van der Waals surface area contributed by atoms with E-state index in [1.54, 1.807) is 0 Å². The van der Waals surface area contributed by atoms with Crippen molar-refractivity contribution >= 4 is 17.5 Å². The molecule has 1 aliphatic rings. The van der Waals surface area contributed by atoms with Gasteiger partial charge in [0.2, 0.25) is 5.91 Å². The minimum absolute atomic E-state index is 0.130. The van der Waals surface area contributed by atoms with Gasteiger partial charge in [0.25, 0.3) is 0 Å². The van der Waals surface area contributed by atoms with Crippen molar-refractivity contribution in [3.63, 3.8) is 0 Å². The van der Waals surface area contributed by atoms with Gasteiger partial charge in [-0.3, -0.25) is 4.79 Å². The van der Waals surface area contributed by atoms with Crippen molar-refractivity contribution in [1.29, 1.82) is 0 Å². The summed E-state index contributed by atoms with van der Waals surface area (Å²) in [5.74, 6) is 0.577. The van der Waals surface area contributed by atoms with Crippen LogP contribution in [-0.2, 0) is 11.2 Å². The van der Waals surface area contributed by atoms with Crippen LogP contribution in [0.5, 0.6) is 0 Å². The fourth-order valence-corrected chi connectivity index (χ4v) is 2.99. The first-order chi connectivity index (χ1) is 9.69. The predicted molar refractivity (Wildman–Crippen MR) is 82.7 cm³/mol. The van der Waals surface area contributed by atoms with Crippen LogP contribution >= 0.6 is 11.6 Å². The van der Waals surface area contributed by atoms with Crippen molar-refractivity contribution in [3.05, 3.63) is 34.9 Å². The first kappa shape index (κ1) is 15.3. The Morgan fingerprint density at radius 3 is 2.65 bits per heavy atom. The molecule has 2 rings (SSSR count). The number of aryl methyl sites for hydroxylation is 1. The van der Waals surface area contributed by atoms with Crippen LogP contribution in [0.4, 0.5) is 0 Å². The zero-order chi connectivity index (χ0) is 14.4. The van der Waals surface area contributed by atoms with Gasteiger partial charge in [-0.1, -0.05) is 36.6 Å². The van der Waals surface area contributed by atoms with Crippen LogP contribution in [0.2, 0.25) is 5.02 Å². The number of rotatable bonds is 5. The molecule has 0 bridgehead atoms. The first-order valence-electron chi connectivity index (χ1n) is 7.43. The van der Waals surface area contributed by atoms with Crippen LogP contribution in [0.25, 0.3) is 0 Å². The summed E-state index contributed by atoms with van der Waals surface area (Å²) in [4.78, 5) is 12.0. The molecule has 0 spiro atoms. The van der Waals surface area contributed by atoms with E-state index in [1.165, 1.54) is 12.8 Å². The summed E-state index contributed by atoms with van der Waals surface area (Å²) in [6.45, 7) is 0.669. The normalized spacial score (nSPS) is 22.5. The molecule has 2 unspecified atom stereocenters. The van der Waals surface area contributed by atoms with E-state index in [1.807, 2.05) is 24.3 Å². The Morgan fingerprint density at radius 1 is 1.25 bits per heavy atom. The molecule has 110 valence electrons. The standard InChI is InChI=1S/C16H23ClN2O/c17-14-8-5-12(6-9-14)7-10-16(20)19-15-4-2-1-3-13(15)11-18/h5-6,8-9,13,15H,1-4,7,10-11,18H2,(H,19,20). The fraction of sp³-hybridized carbons (Fsp3) is 0.562. The van der Waals surface area contributed by atoms with Crippen molar-refractivity contribution in [2.75, 3.05) is 6.54 Å². The van der Waals surface area contributed by atoms with Gasteiger partial charge < -0.3 is 11.1 Å². The SMILES string of the molecule is NCC1CCCCC1NC(=O)CCc1ccc(Cl)cc1. The Balaban J connectivity index is 1.78. The molecule has 1 aromatic carbocycles. The second kappa shape index (κ2) is 7.65. The number of halogens is 1. The monoisotopic (exact) mass is 294 g/mol. The average Bonchev–Trinajstić information content (AvgIpc) is 2.47. The minimum Gasteiger partial charge on any atom is -0.353 e. The maximum Gasteiger partial charge on any atom is 0.220 e. The number of carbonyl (C=O) groups is 1. The van der Waals surface area contributed by atoms with Gasteiger partial charge in [0, 0.05) is 17.5 Å². The number of nitrogens with one attached hydrogen (secondary N) is 1. The minimum atomic E-state index is 0.130. The Hall–Kier alpha value is -1.06.